The predicted octanol–water partition coefficient (Wildman–Crippen LogP) is 5.67. The highest BCUT2D eigenvalue weighted by atomic mass is 35.5. The Labute approximate surface area is 199 Å². The fraction of sp³-hybridized carbons (Fsp3) is 0.0800. The second-order valence-electron chi connectivity index (χ2n) is 6.94. The number of imide groups is 1. The van der Waals surface area contributed by atoms with Crippen LogP contribution in [-0.4, -0.2) is 35.2 Å². The van der Waals surface area contributed by atoms with Gasteiger partial charge in [-0.05, 0) is 59.8 Å². The maximum Gasteiger partial charge on any atom is 0.345 e. The van der Waals surface area contributed by atoms with Crippen LogP contribution >= 0.6 is 23.4 Å². The number of halogens is 1. The number of para-hydroxylation sites is 1. The van der Waals surface area contributed by atoms with Crippen LogP contribution in [0.4, 0.5) is 4.79 Å². The summed E-state index contributed by atoms with van der Waals surface area (Å²) in [5.41, 5.74) is 0.869. The molecular weight excluding hydrogens is 462 g/mol. The first kappa shape index (κ1) is 22.6. The summed E-state index contributed by atoms with van der Waals surface area (Å²) in [6.45, 7) is 0.342. The van der Waals surface area contributed by atoms with Crippen molar-refractivity contribution in [1.29, 1.82) is 0 Å². The lowest BCUT2D eigenvalue weighted by atomic mass is 10.2. The minimum Gasteiger partial charge on any atom is -0.492 e. The maximum absolute atomic E-state index is 12.7. The Hall–Kier alpha value is -3.55. The quantitative estimate of drug-likeness (QED) is 0.247. The van der Waals surface area contributed by atoms with Crippen LogP contribution in [-0.2, 0) is 4.79 Å². The van der Waals surface area contributed by atoms with E-state index in [0.29, 0.717) is 22.1 Å². The molecule has 3 aromatic carbocycles. The van der Waals surface area contributed by atoms with Gasteiger partial charge in [0.05, 0.1) is 22.0 Å². The number of rotatable bonds is 7. The SMILES string of the molecule is O=C(Oc1cccc(/C=C2\SC(=O)N(CCOc3ccccc3)C2=O)c1)c1ccccc1Cl. The predicted molar refractivity (Wildman–Crippen MR) is 127 cm³/mol. The lowest BCUT2D eigenvalue weighted by Crippen LogP contribution is -2.32. The molecule has 0 aliphatic carbocycles. The fourth-order valence-electron chi connectivity index (χ4n) is 3.07. The van der Waals surface area contributed by atoms with Gasteiger partial charge in [-0.3, -0.25) is 14.5 Å². The average molecular weight is 480 g/mol. The number of amides is 2. The van der Waals surface area contributed by atoms with E-state index in [2.05, 4.69) is 0 Å². The van der Waals surface area contributed by atoms with Crippen LogP contribution in [0.5, 0.6) is 11.5 Å². The number of thioether (sulfide) groups is 1. The smallest absolute Gasteiger partial charge is 0.345 e. The minimum absolute atomic E-state index is 0.145. The number of nitrogens with zero attached hydrogens (tertiary/aromatic N) is 1. The van der Waals surface area contributed by atoms with Gasteiger partial charge in [0.15, 0.2) is 0 Å². The van der Waals surface area contributed by atoms with Crippen molar-refractivity contribution in [1.82, 2.24) is 4.90 Å². The van der Waals surface area contributed by atoms with Crippen LogP contribution in [0.25, 0.3) is 6.08 Å². The van der Waals surface area contributed by atoms with E-state index in [1.165, 1.54) is 0 Å². The first-order chi connectivity index (χ1) is 16.0. The van der Waals surface area contributed by atoms with Crippen molar-refractivity contribution < 1.29 is 23.9 Å². The molecule has 3 aromatic rings. The molecule has 0 bridgehead atoms. The van der Waals surface area contributed by atoms with Crippen LogP contribution in [0.3, 0.4) is 0 Å². The number of esters is 1. The van der Waals surface area contributed by atoms with Gasteiger partial charge in [0, 0.05) is 0 Å². The molecule has 0 N–H and O–H groups in total. The van der Waals surface area contributed by atoms with Gasteiger partial charge in [-0.25, -0.2) is 4.79 Å². The molecule has 0 atom stereocenters. The molecule has 0 aromatic heterocycles. The summed E-state index contributed by atoms with van der Waals surface area (Å²) >= 11 is 6.91. The van der Waals surface area contributed by atoms with E-state index in [4.69, 9.17) is 21.1 Å². The monoisotopic (exact) mass is 479 g/mol. The lowest BCUT2D eigenvalue weighted by Gasteiger charge is -2.13. The normalized spacial score (nSPS) is 14.6. The average Bonchev–Trinajstić information content (AvgIpc) is 3.07. The number of benzene rings is 3. The molecule has 1 saturated heterocycles. The van der Waals surface area contributed by atoms with Gasteiger partial charge in [0.25, 0.3) is 11.1 Å². The lowest BCUT2D eigenvalue weighted by molar-refractivity contribution is -0.123. The summed E-state index contributed by atoms with van der Waals surface area (Å²) in [6, 6.07) is 22.5. The van der Waals surface area contributed by atoms with Gasteiger partial charge in [0.2, 0.25) is 0 Å². The highest BCUT2D eigenvalue weighted by Gasteiger charge is 2.34. The molecular formula is C25H18ClNO5S. The van der Waals surface area contributed by atoms with Gasteiger partial charge < -0.3 is 9.47 Å². The molecule has 166 valence electrons. The Balaban J connectivity index is 1.41. The van der Waals surface area contributed by atoms with Crippen molar-refractivity contribution in [3.05, 3.63) is 99.9 Å². The number of carbonyl (C=O) groups excluding carboxylic acids is 3. The molecule has 8 heteroatoms. The van der Waals surface area contributed by atoms with E-state index in [0.717, 1.165) is 16.7 Å². The number of ether oxygens (including phenoxy) is 2. The van der Waals surface area contributed by atoms with Crippen LogP contribution in [0.2, 0.25) is 5.02 Å². The van der Waals surface area contributed by atoms with Gasteiger partial charge in [-0.1, -0.05) is 54.1 Å². The van der Waals surface area contributed by atoms with Crippen molar-refractivity contribution in [2.45, 2.75) is 0 Å². The Morgan fingerprint density at radius 1 is 0.939 bits per heavy atom. The first-order valence-corrected chi connectivity index (χ1v) is 11.2. The van der Waals surface area contributed by atoms with E-state index in [9.17, 15) is 14.4 Å². The van der Waals surface area contributed by atoms with Gasteiger partial charge in [0.1, 0.15) is 18.1 Å². The molecule has 0 unspecified atom stereocenters. The van der Waals surface area contributed by atoms with Gasteiger partial charge in [-0.15, -0.1) is 0 Å². The van der Waals surface area contributed by atoms with Crippen molar-refractivity contribution in [3.8, 4) is 11.5 Å². The fourth-order valence-corrected chi connectivity index (χ4v) is 4.15. The molecule has 0 radical (unpaired) electrons. The van der Waals surface area contributed by atoms with Crippen molar-refractivity contribution in [2.75, 3.05) is 13.2 Å². The molecule has 6 nitrogen and oxygen atoms in total. The molecule has 2 amide bonds. The highest BCUT2D eigenvalue weighted by Crippen LogP contribution is 2.32. The van der Waals surface area contributed by atoms with E-state index in [1.807, 2.05) is 18.2 Å². The Kier molecular flexibility index (Phi) is 7.12. The topological polar surface area (TPSA) is 72.9 Å². The molecule has 1 heterocycles. The van der Waals surface area contributed by atoms with E-state index >= 15 is 0 Å². The molecule has 1 aliphatic rings. The number of hydrogen-bond donors (Lipinski definition) is 0. The summed E-state index contributed by atoms with van der Waals surface area (Å²) in [4.78, 5) is 38.9. The van der Waals surface area contributed by atoms with Crippen molar-refractivity contribution in [3.63, 3.8) is 0 Å². The third-order valence-corrected chi connectivity index (χ3v) is 5.90. The Bertz CT molecular complexity index is 1230. The van der Waals surface area contributed by atoms with Crippen molar-refractivity contribution >= 4 is 46.6 Å². The second-order valence-corrected chi connectivity index (χ2v) is 8.34. The largest absolute Gasteiger partial charge is 0.492 e. The summed E-state index contributed by atoms with van der Waals surface area (Å²) in [5.74, 6) is -0.0102. The summed E-state index contributed by atoms with van der Waals surface area (Å²) in [6.07, 6.45) is 1.59. The standard InChI is InChI=1S/C25H18ClNO5S/c26-21-12-5-4-11-20(21)24(29)32-19-10-6-7-17(15-19)16-22-23(28)27(25(30)33-22)13-14-31-18-8-2-1-3-9-18/h1-12,15-16H,13-14H2/b22-16-. The van der Waals surface area contributed by atoms with E-state index in [1.54, 1.807) is 66.7 Å². The van der Waals surface area contributed by atoms with Gasteiger partial charge in [-0.2, -0.15) is 0 Å². The summed E-state index contributed by atoms with van der Waals surface area (Å²) < 4.78 is 11.0. The zero-order chi connectivity index (χ0) is 23.2. The zero-order valence-corrected chi connectivity index (χ0v) is 18.8. The van der Waals surface area contributed by atoms with Crippen LogP contribution in [0, 0.1) is 0 Å². The Morgan fingerprint density at radius 2 is 1.67 bits per heavy atom. The Morgan fingerprint density at radius 3 is 2.45 bits per heavy atom. The summed E-state index contributed by atoms with van der Waals surface area (Å²) in [7, 11) is 0. The second kappa shape index (κ2) is 10.4. The third kappa shape index (κ3) is 5.63. The van der Waals surface area contributed by atoms with E-state index in [-0.39, 0.29) is 34.8 Å². The molecule has 1 fully saturated rings. The molecule has 33 heavy (non-hydrogen) atoms. The van der Waals surface area contributed by atoms with E-state index < -0.39 is 5.97 Å². The van der Waals surface area contributed by atoms with Crippen LogP contribution < -0.4 is 9.47 Å². The minimum atomic E-state index is -0.587. The van der Waals surface area contributed by atoms with Crippen LogP contribution in [0.15, 0.2) is 83.8 Å². The van der Waals surface area contributed by atoms with Crippen molar-refractivity contribution in [2.24, 2.45) is 0 Å². The third-order valence-electron chi connectivity index (χ3n) is 4.66. The van der Waals surface area contributed by atoms with Crippen LogP contribution in [0.1, 0.15) is 15.9 Å². The maximum atomic E-state index is 12.7. The molecule has 0 spiro atoms. The zero-order valence-electron chi connectivity index (χ0n) is 17.3. The van der Waals surface area contributed by atoms with Gasteiger partial charge >= 0.3 is 5.97 Å². The molecule has 0 saturated carbocycles. The summed E-state index contributed by atoms with van der Waals surface area (Å²) in [5, 5.41) is -0.0622. The number of hydrogen-bond acceptors (Lipinski definition) is 6. The number of carbonyl (C=O) groups is 3. The molecule has 1 aliphatic heterocycles. The molecule has 4 rings (SSSR count). The highest BCUT2D eigenvalue weighted by molar-refractivity contribution is 8.18. The first-order valence-electron chi connectivity index (χ1n) is 10.0.